The summed E-state index contributed by atoms with van der Waals surface area (Å²) >= 11 is 0. The lowest BCUT2D eigenvalue weighted by atomic mass is 9.84. The molecular formula is C19H28ClN3O2. The second-order valence-electron chi connectivity index (χ2n) is 7.13. The van der Waals surface area contributed by atoms with Gasteiger partial charge in [-0.3, -0.25) is 9.59 Å². The van der Waals surface area contributed by atoms with Crippen molar-refractivity contribution in [1.82, 2.24) is 5.32 Å². The Bertz CT molecular complexity index is 581. The zero-order valence-electron chi connectivity index (χ0n) is 14.5. The lowest BCUT2D eigenvalue weighted by molar-refractivity contribution is -0.120. The van der Waals surface area contributed by atoms with Crippen LogP contribution in [0, 0.1) is 5.92 Å². The molecule has 0 unspecified atom stereocenters. The second-order valence-corrected chi connectivity index (χ2v) is 7.13. The smallest absolute Gasteiger partial charge is 0.241 e. The Kier molecular flexibility index (Phi) is 7.26. The predicted molar refractivity (Wildman–Crippen MR) is 102 cm³/mol. The molecule has 0 aromatic heterocycles. The first-order valence-corrected chi connectivity index (χ1v) is 9.06. The van der Waals surface area contributed by atoms with E-state index in [-0.39, 0.29) is 24.2 Å². The first-order valence-electron chi connectivity index (χ1n) is 9.06. The molecule has 2 fully saturated rings. The maximum absolute atomic E-state index is 12.3. The van der Waals surface area contributed by atoms with Crippen LogP contribution in [0.5, 0.6) is 0 Å². The molecule has 1 aromatic rings. The molecule has 0 spiro atoms. The van der Waals surface area contributed by atoms with Crippen molar-refractivity contribution < 1.29 is 9.59 Å². The Hall–Kier alpha value is -1.59. The highest BCUT2D eigenvalue weighted by Gasteiger charge is 2.26. The summed E-state index contributed by atoms with van der Waals surface area (Å²) in [5.41, 5.74) is 7.80. The molecule has 2 amide bonds. The summed E-state index contributed by atoms with van der Waals surface area (Å²) in [4.78, 5) is 24.1. The van der Waals surface area contributed by atoms with E-state index in [1.807, 2.05) is 24.3 Å². The summed E-state index contributed by atoms with van der Waals surface area (Å²) in [7, 11) is 0. The van der Waals surface area contributed by atoms with Crippen LogP contribution < -0.4 is 16.4 Å². The summed E-state index contributed by atoms with van der Waals surface area (Å²) < 4.78 is 0. The number of benzene rings is 1. The van der Waals surface area contributed by atoms with E-state index in [1.165, 1.54) is 19.3 Å². The zero-order chi connectivity index (χ0) is 16.9. The number of carbonyl (C=O) groups excluding carboxylic acids is 2. The number of amides is 2. The lowest BCUT2D eigenvalue weighted by Gasteiger charge is -2.26. The third-order valence-corrected chi connectivity index (χ3v) is 4.99. The Morgan fingerprint density at radius 2 is 1.68 bits per heavy atom. The van der Waals surface area contributed by atoms with Crippen LogP contribution >= 0.6 is 12.4 Å². The van der Waals surface area contributed by atoms with Crippen LogP contribution in [0.2, 0.25) is 0 Å². The average molecular weight is 366 g/mol. The fourth-order valence-electron chi connectivity index (χ4n) is 3.33. The summed E-state index contributed by atoms with van der Waals surface area (Å²) in [5.74, 6) is 0.249. The van der Waals surface area contributed by atoms with E-state index in [1.54, 1.807) is 0 Å². The molecule has 5 nitrogen and oxygen atoms in total. The van der Waals surface area contributed by atoms with E-state index in [9.17, 15) is 9.59 Å². The summed E-state index contributed by atoms with van der Waals surface area (Å²) in [5, 5.41) is 5.87. The van der Waals surface area contributed by atoms with Gasteiger partial charge in [-0.2, -0.15) is 0 Å². The monoisotopic (exact) mass is 365 g/mol. The van der Waals surface area contributed by atoms with Gasteiger partial charge in [0.25, 0.3) is 0 Å². The Labute approximate surface area is 155 Å². The van der Waals surface area contributed by atoms with Crippen molar-refractivity contribution in [3.63, 3.8) is 0 Å². The molecule has 4 N–H and O–H groups in total. The van der Waals surface area contributed by atoms with Gasteiger partial charge in [0, 0.05) is 11.7 Å². The molecule has 0 radical (unpaired) electrons. The molecule has 0 bridgehead atoms. The minimum Gasteiger partial charge on any atom is -0.353 e. The lowest BCUT2D eigenvalue weighted by Crippen LogP contribution is -2.42. The van der Waals surface area contributed by atoms with Gasteiger partial charge in [-0.25, -0.2) is 0 Å². The van der Waals surface area contributed by atoms with Crippen molar-refractivity contribution in [1.29, 1.82) is 0 Å². The molecular weight excluding hydrogens is 338 g/mol. The van der Waals surface area contributed by atoms with E-state index >= 15 is 0 Å². The Balaban J connectivity index is 0.00000225. The molecule has 2 aliphatic rings. The van der Waals surface area contributed by atoms with E-state index in [2.05, 4.69) is 10.6 Å². The second kappa shape index (κ2) is 9.20. The molecule has 0 saturated heterocycles. The SMILES string of the molecule is Cl.N[C@H](C(=O)Nc1ccc(CC(=O)NC2CC2)cc1)C1CCCCC1. The van der Waals surface area contributed by atoms with Crippen molar-refractivity contribution in [2.24, 2.45) is 11.7 Å². The maximum Gasteiger partial charge on any atom is 0.241 e. The van der Waals surface area contributed by atoms with Gasteiger partial charge in [-0.15, -0.1) is 12.4 Å². The van der Waals surface area contributed by atoms with Crippen LogP contribution in [0.3, 0.4) is 0 Å². The number of rotatable bonds is 6. The molecule has 0 aliphatic heterocycles. The van der Waals surface area contributed by atoms with Crippen LogP contribution in [-0.2, 0) is 16.0 Å². The van der Waals surface area contributed by atoms with E-state index < -0.39 is 6.04 Å². The van der Waals surface area contributed by atoms with Gasteiger partial charge < -0.3 is 16.4 Å². The van der Waals surface area contributed by atoms with Crippen LogP contribution in [0.1, 0.15) is 50.5 Å². The molecule has 1 atom stereocenters. The van der Waals surface area contributed by atoms with Gasteiger partial charge in [-0.1, -0.05) is 31.4 Å². The highest BCUT2D eigenvalue weighted by molar-refractivity contribution is 5.95. The molecule has 25 heavy (non-hydrogen) atoms. The zero-order valence-corrected chi connectivity index (χ0v) is 15.3. The number of carbonyl (C=O) groups is 2. The normalized spacial score (nSPS) is 18.8. The van der Waals surface area contributed by atoms with Gasteiger partial charge in [0.05, 0.1) is 12.5 Å². The van der Waals surface area contributed by atoms with Crippen LogP contribution in [0.15, 0.2) is 24.3 Å². The number of halogens is 1. The fourth-order valence-corrected chi connectivity index (χ4v) is 3.33. The van der Waals surface area contributed by atoms with E-state index in [0.29, 0.717) is 18.4 Å². The first kappa shape index (κ1) is 19.7. The first-order chi connectivity index (χ1) is 11.6. The molecule has 6 heteroatoms. The largest absolute Gasteiger partial charge is 0.353 e. The number of hydrogen-bond acceptors (Lipinski definition) is 3. The van der Waals surface area contributed by atoms with Crippen molar-refractivity contribution in [2.75, 3.05) is 5.32 Å². The third kappa shape index (κ3) is 6.01. The van der Waals surface area contributed by atoms with Crippen molar-refractivity contribution in [2.45, 2.75) is 63.5 Å². The minimum atomic E-state index is -0.436. The molecule has 138 valence electrons. The number of nitrogens with one attached hydrogen (secondary N) is 2. The standard InChI is InChI=1S/C19H27N3O2.ClH/c20-18(14-4-2-1-3-5-14)19(24)22-16-8-6-13(7-9-16)12-17(23)21-15-10-11-15;/h6-9,14-15,18H,1-5,10-12,20H2,(H,21,23)(H,22,24);1H/t18-;/m0./s1. The van der Waals surface area contributed by atoms with E-state index in [0.717, 1.165) is 36.9 Å². The number of hydrogen-bond donors (Lipinski definition) is 3. The quantitative estimate of drug-likeness (QED) is 0.724. The fraction of sp³-hybridized carbons (Fsp3) is 0.579. The topological polar surface area (TPSA) is 84.2 Å². The van der Waals surface area contributed by atoms with Gasteiger partial charge in [0.15, 0.2) is 0 Å². The Morgan fingerprint density at radius 1 is 1.04 bits per heavy atom. The average Bonchev–Trinajstić information content (AvgIpc) is 3.40. The van der Waals surface area contributed by atoms with Gasteiger partial charge in [-0.05, 0) is 49.3 Å². The molecule has 3 rings (SSSR count). The highest BCUT2D eigenvalue weighted by Crippen LogP contribution is 2.26. The highest BCUT2D eigenvalue weighted by atomic mass is 35.5. The van der Waals surface area contributed by atoms with Gasteiger partial charge in [0.2, 0.25) is 11.8 Å². The summed E-state index contributed by atoms with van der Waals surface area (Å²) in [6, 6.07) is 7.39. The van der Waals surface area contributed by atoms with Crippen molar-refractivity contribution in [3.8, 4) is 0 Å². The molecule has 1 aromatic carbocycles. The van der Waals surface area contributed by atoms with E-state index in [4.69, 9.17) is 5.73 Å². The minimum absolute atomic E-state index is 0. The third-order valence-electron chi connectivity index (χ3n) is 4.99. The predicted octanol–water partition coefficient (Wildman–Crippen LogP) is 2.78. The Morgan fingerprint density at radius 3 is 2.28 bits per heavy atom. The molecule has 2 saturated carbocycles. The van der Waals surface area contributed by atoms with Crippen LogP contribution in [0.4, 0.5) is 5.69 Å². The number of nitrogens with two attached hydrogens (primary N) is 1. The molecule has 2 aliphatic carbocycles. The number of anilines is 1. The summed E-state index contributed by atoms with van der Waals surface area (Å²) in [6.07, 6.45) is 8.25. The molecule has 0 heterocycles. The van der Waals surface area contributed by atoms with Crippen LogP contribution in [-0.4, -0.2) is 23.9 Å². The van der Waals surface area contributed by atoms with Gasteiger partial charge in [0.1, 0.15) is 0 Å². The van der Waals surface area contributed by atoms with Crippen molar-refractivity contribution in [3.05, 3.63) is 29.8 Å². The van der Waals surface area contributed by atoms with Crippen molar-refractivity contribution >= 4 is 29.9 Å². The van der Waals surface area contributed by atoms with Crippen LogP contribution in [0.25, 0.3) is 0 Å². The van der Waals surface area contributed by atoms with Gasteiger partial charge >= 0.3 is 0 Å². The summed E-state index contributed by atoms with van der Waals surface area (Å²) in [6.45, 7) is 0. The maximum atomic E-state index is 12.3.